The van der Waals surface area contributed by atoms with Crippen molar-refractivity contribution in [3.05, 3.63) is 11.6 Å². The molecule has 0 aromatic rings. The van der Waals surface area contributed by atoms with Crippen LogP contribution in [-0.4, -0.2) is 16.7 Å². The molecule has 4 rings (SSSR count). The summed E-state index contributed by atoms with van der Waals surface area (Å²) in [5, 5.41) is 12.9. The van der Waals surface area contributed by atoms with Crippen molar-refractivity contribution in [1.82, 2.24) is 0 Å². The zero-order valence-electron chi connectivity index (χ0n) is 15.3. The molecule has 0 spiro atoms. The van der Waals surface area contributed by atoms with Crippen molar-refractivity contribution in [1.29, 1.82) is 0 Å². The van der Waals surface area contributed by atoms with Gasteiger partial charge in [-0.3, -0.25) is 4.79 Å². The Balaban J connectivity index is 1.66. The maximum absolute atomic E-state index is 11.9. The Morgan fingerprint density at radius 3 is 2.67 bits per heavy atom. The topological polar surface area (TPSA) is 49.7 Å². The molecular weight excluding hydrogens is 298 g/mol. The van der Waals surface area contributed by atoms with Crippen molar-refractivity contribution in [2.45, 2.75) is 72.1 Å². The normalized spacial score (nSPS) is 48.4. The van der Waals surface area contributed by atoms with E-state index in [-0.39, 0.29) is 5.41 Å². The van der Waals surface area contributed by atoms with E-state index in [0.717, 1.165) is 42.7 Å². The average molecular weight is 329 g/mol. The molecule has 6 atom stereocenters. The van der Waals surface area contributed by atoms with Gasteiger partial charge in [-0.15, -0.1) is 0 Å². The Labute approximate surface area is 145 Å². The maximum Gasteiger partial charge on any atom is 0.155 e. The SMILES string of the molecule is C/C(=N/O)[C@H]1CCC2C3CCC4=CC(=O)CC[C@]4(C)C3CC[C@@]21C. The van der Waals surface area contributed by atoms with Crippen molar-refractivity contribution in [3.63, 3.8) is 0 Å². The number of fused-ring (bicyclic) bond motifs is 5. The molecule has 0 heterocycles. The number of carbonyl (C=O) groups is 1. The zero-order chi connectivity index (χ0) is 17.1. The van der Waals surface area contributed by atoms with Crippen molar-refractivity contribution in [2.24, 2.45) is 39.7 Å². The number of hydrogen-bond acceptors (Lipinski definition) is 3. The Morgan fingerprint density at radius 1 is 1.12 bits per heavy atom. The van der Waals surface area contributed by atoms with Crippen LogP contribution in [0.2, 0.25) is 0 Å². The Kier molecular flexibility index (Phi) is 3.71. The number of rotatable bonds is 1. The molecule has 0 aromatic carbocycles. The summed E-state index contributed by atoms with van der Waals surface area (Å²) >= 11 is 0. The van der Waals surface area contributed by atoms with Gasteiger partial charge < -0.3 is 5.21 Å². The lowest BCUT2D eigenvalue weighted by molar-refractivity contribution is -0.117. The van der Waals surface area contributed by atoms with Crippen LogP contribution in [0.1, 0.15) is 72.1 Å². The number of carbonyl (C=O) groups excluding carboxylic acids is 1. The van der Waals surface area contributed by atoms with E-state index < -0.39 is 0 Å². The van der Waals surface area contributed by atoms with E-state index in [9.17, 15) is 10.0 Å². The molecule has 3 saturated carbocycles. The van der Waals surface area contributed by atoms with E-state index in [0.29, 0.717) is 17.1 Å². The van der Waals surface area contributed by atoms with Crippen LogP contribution in [0, 0.1) is 34.5 Å². The first-order chi connectivity index (χ1) is 11.4. The second-order valence-corrected chi connectivity index (χ2v) is 9.38. The van der Waals surface area contributed by atoms with E-state index in [2.05, 4.69) is 19.0 Å². The number of oxime groups is 1. The van der Waals surface area contributed by atoms with Crippen molar-refractivity contribution in [2.75, 3.05) is 0 Å². The molecule has 3 unspecified atom stereocenters. The van der Waals surface area contributed by atoms with E-state index >= 15 is 0 Å². The van der Waals surface area contributed by atoms with Gasteiger partial charge in [0.2, 0.25) is 0 Å². The summed E-state index contributed by atoms with van der Waals surface area (Å²) in [6.45, 7) is 6.90. The third kappa shape index (κ3) is 2.09. The standard InChI is InChI=1S/C21H31NO2/c1-13(22-24)17-6-7-18-16-5-4-14-12-15(23)8-10-20(14,2)19(16)9-11-21(17,18)3/h12,16-19,24H,4-11H2,1-3H3/b22-13-/t16?,17-,18?,19?,20+,21-/m1/s1. The molecule has 4 aliphatic rings. The van der Waals surface area contributed by atoms with Crippen LogP contribution in [0.25, 0.3) is 0 Å². The van der Waals surface area contributed by atoms with Gasteiger partial charge in [0.1, 0.15) is 0 Å². The summed E-state index contributed by atoms with van der Waals surface area (Å²) in [5.41, 5.74) is 2.95. The molecule has 0 saturated heterocycles. The number of nitrogens with zero attached hydrogens (tertiary/aromatic N) is 1. The fourth-order valence-electron chi connectivity index (χ4n) is 7.32. The quantitative estimate of drug-likeness (QED) is 0.419. The summed E-state index contributed by atoms with van der Waals surface area (Å²) in [6, 6.07) is 0. The largest absolute Gasteiger partial charge is 0.411 e. The second-order valence-electron chi connectivity index (χ2n) is 9.38. The van der Waals surface area contributed by atoms with Gasteiger partial charge in [0.25, 0.3) is 0 Å². The average Bonchev–Trinajstić information content (AvgIpc) is 2.92. The summed E-state index contributed by atoms with van der Waals surface area (Å²) in [5.74, 6) is 3.08. The third-order valence-corrected chi connectivity index (χ3v) is 8.62. The Bertz CT molecular complexity index is 621. The van der Waals surface area contributed by atoms with Crippen LogP contribution in [0.4, 0.5) is 0 Å². The fourth-order valence-corrected chi connectivity index (χ4v) is 7.32. The molecule has 0 bridgehead atoms. The predicted molar refractivity (Wildman–Crippen MR) is 95.1 cm³/mol. The van der Waals surface area contributed by atoms with Gasteiger partial charge in [-0.25, -0.2) is 0 Å². The highest BCUT2D eigenvalue weighted by molar-refractivity contribution is 5.91. The summed E-state index contributed by atoms with van der Waals surface area (Å²) in [4.78, 5) is 11.9. The zero-order valence-corrected chi connectivity index (χ0v) is 15.3. The maximum atomic E-state index is 11.9. The summed E-state index contributed by atoms with van der Waals surface area (Å²) in [6.07, 6.45) is 11.1. The van der Waals surface area contributed by atoms with Crippen molar-refractivity contribution < 1.29 is 10.0 Å². The molecule has 3 heteroatoms. The van der Waals surface area contributed by atoms with Crippen LogP contribution >= 0.6 is 0 Å². The molecular formula is C21H31NO2. The predicted octanol–water partition coefficient (Wildman–Crippen LogP) is 4.98. The molecule has 0 aromatic heterocycles. The fraction of sp³-hybridized carbons (Fsp3) is 0.810. The highest BCUT2D eigenvalue weighted by Crippen LogP contribution is 2.66. The van der Waals surface area contributed by atoms with Gasteiger partial charge in [-0.05, 0) is 86.5 Å². The smallest absolute Gasteiger partial charge is 0.155 e. The molecule has 132 valence electrons. The second kappa shape index (κ2) is 5.44. The van der Waals surface area contributed by atoms with Gasteiger partial charge in [0.15, 0.2) is 5.78 Å². The van der Waals surface area contributed by atoms with Gasteiger partial charge in [0.05, 0.1) is 5.71 Å². The number of hydrogen-bond donors (Lipinski definition) is 1. The van der Waals surface area contributed by atoms with Crippen LogP contribution in [0.15, 0.2) is 16.8 Å². The monoisotopic (exact) mass is 329 g/mol. The lowest BCUT2D eigenvalue weighted by Crippen LogP contribution is -2.51. The first-order valence-electron chi connectivity index (χ1n) is 9.82. The number of ketones is 1. The molecule has 4 aliphatic carbocycles. The molecule has 24 heavy (non-hydrogen) atoms. The van der Waals surface area contributed by atoms with Gasteiger partial charge in [-0.2, -0.15) is 0 Å². The highest BCUT2D eigenvalue weighted by Gasteiger charge is 2.59. The molecule has 0 aliphatic heterocycles. The minimum atomic E-state index is 0.260. The molecule has 1 N–H and O–H groups in total. The van der Waals surface area contributed by atoms with E-state index in [1.807, 2.05) is 13.0 Å². The van der Waals surface area contributed by atoms with Crippen molar-refractivity contribution >= 4 is 11.5 Å². The highest BCUT2D eigenvalue weighted by atomic mass is 16.4. The van der Waals surface area contributed by atoms with E-state index in [1.165, 1.54) is 37.7 Å². The minimum absolute atomic E-state index is 0.260. The molecule has 0 radical (unpaired) electrons. The Morgan fingerprint density at radius 2 is 1.92 bits per heavy atom. The molecule has 3 fully saturated rings. The lowest BCUT2D eigenvalue weighted by Gasteiger charge is -2.58. The van der Waals surface area contributed by atoms with Gasteiger partial charge in [-0.1, -0.05) is 24.6 Å². The number of allylic oxidation sites excluding steroid dienone is 1. The first-order valence-corrected chi connectivity index (χ1v) is 9.82. The third-order valence-electron chi connectivity index (χ3n) is 8.62. The molecule has 0 amide bonds. The van der Waals surface area contributed by atoms with Crippen LogP contribution in [-0.2, 0) is 4.79 Å². The lowest BCUT2D eigenvalue weighted by atomic mass is 9.46. The Hall–Kier alpha value is -1.12. The van der Waals surface area contributed by atoms with Crippen molar-refractivity contribution in [3.8, 4) is 0 Å². The van der Waals surface area contributed by atoms with Crippen LogP contribution < -0.4 is 0 Å². The summed E-state index contributed by atoms with van der Waals surface area (Å²) < 4.78 is 0. The summed E-state index contributed by atoms with van der Waals surface area (Å²) in [7, 11) is 0. The van der Waals surface area contributed by atoms with Gasteiger partial charge >= 0.3 is 0 Å². The van der Waals surface area contributed by atoms with E-state index in [4.69, 9.17) is 0 Å². The van der Waals surface area contributed by atoms with E-state index in [1.54, 1.807) is 0 Å². The van der Waals surface area contributed by atoms with Gasteiger partial charge in [0, 0.05) is 12.3 Å². The van der Waals surface area contributed by atoms with Crippen LogP contribution in [0.3, 0.4) is 0 Å². The van der Waals surface area contributed by atoms with Crippen LogP contribution in [0.5, 0.6) is 0 Å². The first kappa shape index (κ1) is 16.4. The minimum Gasteiger partial charge on any atom is -0.411 e. The molecule has 3 nitrogen and oxygen atoms in total.